The van der Waals surface area contributed by atoms with Gasteiger partial charge >= 0.3 is 0 Å². The SMILES string of the molecule is Cc1nccn1-c1ccc(CNC(=O)C2(c3ccc(Cl)cc3Cl)CCOCC2)cc1F. The second-order valence-electron chi connectivity index (χ2n) is 7.63. The normalized spacial score (nSPS) is 15.6. The van der Waals surface area contributed by atoms with Crippen LogP contribution in [0, 0.1) is 12.7 Å². The first-order valence-corrected chi connectivity index (χ1v) is 10.8. The van der Waals surface area contributed by atoms with E-state index in [2.05, 4.69) is 10.3 Å². The van der Waals surface area contributed by atoms with Crippen LogP contribution >= 0.6 is 23.2 Å². The Labute approximate surface area is 190 Å². The lowest BCUT2D eigenvalue weighted by Gasteiger charge is -2.37. The van der Waals surface area contributed by atoms with E-state index < -0.39 is 5.41 Å². The van der Waals surface area contributed by atoms with Gasteiger partial charge in [-0.25, -0.2) is 9.37 Å². The number of benzene rings is 2. The summed E-state index contributed by atoms with van der Waals surface area (Å²) in [5, 5.41) is 3.94. The maximum atomic E-state index is 14.7. The molecule has 1 saturated heterocycles. The van der Waals surface area contributed by atoms with Crippen LogP contribution in [0.1, 0.15) is 29.8 Å². The first kappa shape index (κ1) is 21.8. The monoisotopic (exact) mass is 461 g/mol. The summed E-state index contributed by atoms with van der Waals surface area (Å²) in [6.45, 7) is 2.93. The van der Waals surface area contributed by atoms with Crippen LogP contribution in [0.2, 0.25) is 10.0 Å². The Hall–Kier alpha value is -2.41. The fourth-order valence-corrected chi connectivity index (χ4v) is 4.65. The molecule has 0 spiro atoms. The van der Waals surface area contributed by atoms with E-state index in [1.165, 1.54) is 6.07 Å². The molecule has 0 unspecified atom stereocenters. The summed E-state index contributed by atoms with van der Waals surface area (Å²) >= 11 is 12.5. The predicted octanol–water partition coefficient (Wildman–Crippen LogP) is 4.99. The molecular formula is C23H22Cl2FN3O2. The Bertz CT molecular complexity index is 1110. The fourth-order valence-electron chi connectivity index (χ4n) is 4.06. The second-order valence-corrected chi connectivity index (χ2v) is 8.48. The molecule has 1 aliphatic heterocycles. The van der Waals surface area contributed by atoms with E-state index in [1.54, 1.807) is 47.3 Å². The van der Waals surface area contributed by atoms with Gasteiger partial charge in [0.2, 0.25) is 5.91 Å². The highest BCUT2D eigenvalue weighted by atomic mass is 35.5. The summed E-state index contributed by atoms with van der Waals surface area (Å²) in [7, 11) is 0. The Morgan fingerprint density at radius 2 is 2.00 bits per heavy atom. The van der Waals surface area contributed by atoms with Crippen molar-refractivity contribution >= 4 is 29.1 Å². The van der Waals surface area contributed by atoms with E-state index in [0.717, 1.165) is 5.56 Å². The summed E-state index contributed by atoms with van der Waals surface area (Å²) in [6, 6.07) is 10.1. The van der Waals surface area contributed by atoms with Gasteiger partial charge in [0.05, 0.1) is 11.1 Å². The number of carbonyl (C=O) groups excluding carboxylic acids is 1. The molecule has 0 aliphatic carbocycles. The average molecular weight is 462 g/mol. The molecule has 0 atom stereocenters. The lowest BCUT2D eigenvalue weighted by Crippen LogP contribution is -2.48. The average Bonchev–Trinajstić information content (AvgIpc) is 3.18. The molecule has 31 heavy (non-hydrogen) atoms. The van der Waals surface area contributed by atoms with Crippen LogP contribution in [0.25, 0.3) is 5.69 Å². The first-order chi connectivity index (χ1) is 14.9. The van der Waals surface area contributed by atoms with E-state index in [1.807, 2.05) is 6.92 Å². The molecular weight excluding hydrogens is 440 g/mol. The van der Waals surface area contributed by atoms with Crippen molar-refractivity contribution in [2.75, 3.05) is 13.2 Å². The minimum absolute atomic E-state index is 0.157. The largest absolute Gasteiger partial charge is 0.381 e. The van der Waals surface area contributed by atoms with Gasteiger partial charge in [0, 0.05) is 42.2 Å². The standard InChI is InChI=1S/C23H22Cl2FN3O2/c1-15-27-8-9-29(15)21-5-2-16(12-20(21)26)14-28-22(30)23(6-10-31-11-7-23)18-4-3-17(24)13-19(18)25/h2-5,8-9,12-13H,6-7,10-11,14H2,1H3,(H,28,30). The molecule has 1 fully saturated rings. The number of rotatable bonds is 5. The summed E-state index contributed by atoms with van der Waals surface area (Å²) in [6.07, 6.45) is 4.35. The van der Waals surface area contributed by atoms with Crippen LogP contribution in [-0.2, 0) is 21.5 Å². The van der Waals surface area contributed by atoms with Gasteiger partial charge in [-0.3, -0.25) is 4.79 Å². The van der Waals surface area contributed by atoms with E-state index in [9.17, 15) is 9.18 Å². The number of halogens is 3. The fraction of sp³-hybridized carbons (Fsp3) is 0.304. The van der Waals surface area contributed by atoms with Crippen LogP contribution in [0.3, 0.4) is 0 Å². The third kappa shape index (κ3) is 4.33. The van der Waals surface area contributed by atoms with Crippen molar-refractivity contribution in [2.45, 2.75) is 31.7 Å². The Morgan fingerprint density at radius 3 is 2.65 bits per heavy atom. The third-order valence-corrected chi connectivity index (χ3v) is 6.33. The molecule has 2 heterocycles. The zero-order valence-electron chi connectivity index (χ0n) is 17.0. The highest BCUT2D eigenvalue weighted by Crippen LogP contribution is 2.40. The summed E-state index contributed by atoms with van der Waals surface area (Å²) in [5.74, 6) is 0.158. The highest BCUT2D eigenvalue weighted by molar-refractivity contribution is 6.35. The molecule has 3 aromatic rings. The number of carbonyl (C=O) groups is 1. The van der Waals surface area contributed by atoms with Crippen LogP contribution in [0.5, 0.6) is 0 Å². The zero-order chi connectivity index (χ0) is 22.0. The van der Waals surface area contributed by atoms with Gasteiger partial charge in [0.25, 0.3) is 0 Å². The van der Waals surface area contributed by atoms with Crippen LogP contribution in [0.4, 0.5) is 4.39 Å². The van der Waals surface area contributed by atoms with Crippen molar-refractivity contribution in [1.82, 2.24) is 14.9 Å². The first-order valence-electron chi connectivity index (χ1n) is 10.0. The molecule has 2 aromatic carbocycles. The highest BCUT2D eigenvalue weighted by Gasteiger charge is 2.43. The molecule has 1 amide bonds. The summed E-state index contributed by atoms with van der Waals surface area (Å²) < 4.78 is 21.9. The topological polar surface area (TPSA) is 56.2 Å². The number of nitrogens with one attached hydrogen (secondary N) is 1. The molecule has 0 bridgehead atoms. The van der Waals surface area contributed by atoms with E-state index in [0.29, 0.717) is 53.2 Å². The second kappa shape index (κ2) is 8.99. The lowest BCUT2D eigenvalue weighted by atomic mass is 9.73. The number of hydrogen-bond donors (Lipinski definition) is 1. The van der Waals surface area contributed by atoms with Gasteiger partial charge in [-0.15, -0.1) is 0 Å². The van der Waals surface area contributed by atoms with Crippen molar-refractivity contribution < 1.29 is 13.9 Å². The molecule has 1 N–H and O–H groups in total. The van der Waals surface area contributed by atoms with Crippen LogP contribution < -0.4 is 5.32 Å². The van der Waals surface area contributed by atoms with Gasteiger partial charge in [-0.1, -0.05) is 35.3 Å². The van der Waals surface area contributed by atoms with Crippen LogP contribution in [-0.4, -0.2) is 28.7 Å². The minimum Gasteiger partial charge on any atom is -0.381 e. The maximum absolute atomic E-state index is 14.7. The Kier molecular flexibility index (Phi) is 6.32. The van der Waals surface area contributed by atoms with Crippen molar-refractivity contribution in [3.05, 3.63) is 81.6 Å². The minimum atomic E-state index is -0.813. The number of aromatic nitrogens is 2. The number of nitrogens with zero attached hydrogens (tertiary/aromatic N) is 2. The molecule has 162 valence electrons. The number of amides is 1. The number of imidazole rings is 1. The Morgan fingerprint density at radius 1 is 1.23 bits per heavy atom. The summed E-state index contributed by atoms with van der Waals surface area (Å²) in [4.78, 5) is 17.5. The zero-order valence-corrected chi connectivity index (χ0v) is 18.5. The van der Waals surface area contributed by atoms with Crippen molar-refractivity contribution in [2.24, 2.45) is 0 Å². The van der Waals surface area contributed by atoms with Gasteiger partial charge < -0.3 is 14.6 Å². The molecule has 1 aromatic heterocycles. The van der Waals surface area contributed by atoms with Crippen molar-refractivity contribution in [1.29, 1.82) is 0 Å². The Balaban J connectivity index is 1.55. The molecule has 8 heteroatoms. The van der Waals surface area contributed by atoms with Crippen LogP contribution in [0.15, 0.2) is 48.8 Å². The van der Waals surface area contributed by atoms with Crippen molar-refractivity contribution in [3.63, 3.8) is 0 Å². The number of ether oxygens (including phenoxy) is 1. The van der Waals surface area contributed by atoms with Gasteiger partial charge in [0.1, 0.15) is 11.6 Å². The lowest BCUT2D eigenvalue weighted by molar-refractivity contribution is -0.130. The quantitative estimate of drug-likeness (QED) is 0.581. The third-order valence-electron chi connectivity index (χ3n) is 5.78. The number of aryl methyl sites for hydroxylation is 1. The number of hydrogen-bond acceptors (Lipinski definition) is 3. The summed E-state index contributed by atoms with van der Waals surface area (Å²) in [5.41, 5.74) is 0.999. The van der Waals surface area contributed by atoms with E-state index in [4.69, 9.17) is 27.9 Å². The van der Waals surface area contributed by atoms with E-state index in [-0.39, 0.29) is 18.3 Å². The predicted molar refractivity (Wildman–Crippen MR) is 118 cm³/mol. The van der Waals surface area contributed by atoms with Gasteiger partial charge in [-0.05, 0) is 55.2 Å². The molecule has 5 nitrogen and oxygen atoms in total. The smallest absolute Gasteiger partial charge is 0.231 e. The molecule has 0 radical (unpaired) electrons. The maximum Gasteiger partial charge on any atom is 0.231 e. The molecule has 0 saturated carbocycles. The van der Waals surface area contributed by atoms with Gasteiger partial charge in [-0.2, -0.15) is 0 Å². The van der Waals surface area contributed by atoms with E-state index >= 15 is 0 Å². The molecule has 4 rings (SSSR count). The van der Waals surface area contributed by atoms with Crippen molar-refractivity contribution in [3.8, 4) is 5.69 Å². The molecule has 1 aliphatic rings. The van der Waals surface area contributed by atoms with Gasteiger partial charge in [0.15, 0.2) is 0 Å².